The average molecular weight is 372 g/mol. The number of nitrogens with zero attached hydrogens (tertiary/aromatic N) is 2. The van der Waals surface area contributed by atoms with E-state index in [9.17, 15) is 9.18 Å². The molecule has 0 aliphatic heterocycles. The van der Waals surface area contributed by atoms with Crippen LogP contribution in [0.15, 0.2) is 79.1 Å². The molecule has 0 fully saturated rings. The van der Waals surface area contributed by atoms with Crippen molar-refractivity contribution in [2.75, 3.05) is 0 Å². The molecule has 0 bridgehead atoms. The highest BCUT2D eigenvalue weighted by atomic mass is 19.1. The molecule has 1 heterocycles. The Kier molecular flexibility index (Phi) is 5.06. The summed E-state index contributed by atoms with van der Waals surface area (Å²) >= 11 is 0. The molecule has 4 rings (SSSR count). The van der Waals surface area contributed by atoms with E-state index in [1.165, 1.54) is 12.1 Å². The van der Waals surface area contributed by atoms with E-state index in [2.05, 4.69) is 9.97 Å². The summed E-state index contributed by atoms with van der Waals surface area (Å²) in [5, 5.41) is 0. The van der Waals surface area contributed by atoms with Crippen LogP contribution in [0, 0.1) is 5.82 Å². The molecule has 0 saturated carbocycles. The summed E-state index contributed by atoms with van der Waals surface area (Å²) in [7, 11) is 0. The zero-order valence-corrected chi connectivity index (χ0v) is 15.0. The van der Waals surface area contributed by atoms with Crippen molar-refractivity contribution in [3.05, 3.63) is 96.1 Å². The van der Waals surface area contributed by atoms with Crippen LogP contribution in [0.5, 0.6) is 11.5 Å². The third kappa shape index (κ3) is 4.38. The van der Waals surface area contributed by atoms with Crippen molar-refractivity contribution in [1.82, 2.24) is 9.97 Å². The number of carbonyl (C=O) groups is 1. The lowest BCUT2D eigenvalue weighted by Gasteiger charge is -2.08. The van der Waals surface area contributed by atoms with Gasteiger partial charge >= 0.3 is 0 Å². The largest absolute Gasteiger partial charge is 0.457 e. The third-order valence-electron chi connectivity index (χ3n) is 4.29. The van der Waals surface area contributed by atoms with Crippen molar-refractivity contribution in [2.24, 2.45) is 0 Å². The molecule has 138 valence electrons. The number of benzene rings is 3. The Bertz CT molecular complexity index is 1130. The summed E-state index contributed by atoms with van der Waals surface area (Å²) in [5.41, 5.74) is 3.14. The minimum Gasteiger partial charge on any atom is -0.457 e. The first-order chi connectivity index (χ1) is 13.7. The average Bonchev–Trinajstić information content (AvgIpc) is 2.69. The molecule has 0 aliphatic rings. The highest BCUT2D eigenvalue weighted by molar-refractivity contribution is 5.83. The quantitative estimate of drug-likeness (QED) is 0.482. The van der Waals surface area contributed by atoms with Crippen LogP contribution < -0.4 is 4.74 Å². The molecule has 0 aliphatic carbocycles. The first kappa shape index (κ1) is 17.8. The van der Waals surface area contributed by atoms with Crippen molar-refractivity contribution >= 4 is 16.8 Å². The standard InChI is InChI=1S/C23H17FN2O2/c24-18-3-1-2-17(12-18)14-19(27)13-16-4-6-20(7-5-16)28-21-8-9-22-23(15-21)26-11-10-25-22/h1-12,15H,13-14H2. The molecule has 28 heavy (non-hydrogen) atoms. The van der Waals surface area contributed by atoms with Gasteiger partial charge in [0.1, 0.15) is 23.1 Å². The van der Waals surface area contributed by atoms with Crippen LogP contribution in [0.2, 0.25) is 0 Å². The molecule has 0 atom stereocenters. The van der Waals surface area contributed by atoms with Gasteiger partial charge in [0, 0.05) is 31.3 Å². The fourth-order valence-corrected chi connectivity index (χ4v) is 2.98. The Morgan fingerprint density at radius 1 is 0.786 bits per heavy atom. The molecule has 0 unspecified atom stereocenters. The van der Waals surface area contributed by atoms with Gasteiger partial charge < -0.3 is 4.74 Å². The zero-order valence-electron chi connectivity index (χ0n) is 15.0. The van der Waals surface area contributed by atoms with Crippen LogP contribution in [0.3, 0.4) is 0 Å². The van der Waals surface area contributed by atoms with Gasteiger partial charge in [-0.25, -0.2) is 4.39 Å². The molecular weight excluding hydrogens is 355 g/mol. The Morgan fingerprint density at radius 3 is 2.29 bits per heavy atom. The monoisotopic (exact) mass is 372 g/mol. The summed E-state index contributed by atoms with van der Waals surface area (Å²) in [6, 6.07) is 19.0. The molecule has 0 spiro atoms. The molecule has 1 aromatic heterocycles. The molecular formula is C23H17FN2O2. The van der Waals surface area contributed by atoms with E-state index >= 15 is 0 Å². The van der Waals surface area contributed by atoms with Gasteiger partial charge in [-0.2, -0.15) is 0 Å². The maximum atomic E-state index is 13.2. The number of aromatic nitrogens is 2. The Hall–Kier alpha value is -3.60. The lowest BCUT2D eigenvalue weighted by molar-refractivity contribution is -0.117. The number of hydrogen-bond acceptors (Lipinski definition) is 4. The van der Waals surface area contributed by atoms with Gasteiger partial charge in [-0.3, -0.25) is 14.8 Å². The van der Waals surface area contributed by atoms with Gasteiger partial charge in [-0.05, 0) is 47.5 Å². The number of ketones is 1. The Labute approximate surface area is 161 Å². The van der Waals surface area contributed by atoms with Gasteiger partial charge in [0.2, 0.25) is 0 Å². The topological polar surface area (TPSA) is 52.1 Å². The Morgan fingerprint density at radius 2 is 1.50 bits per heavy atom. The molecule has 4 aromatic rings. The maximum Gasteiger partial charge on any atom is 0.141 e. The number of rotatable bonds is 6. The van der Waals surface area contributed by atoms with Crippen molar-refractivity contribution in [3.8, 4) is 11.5 Å². The van der Waals surface area contributed by atoms with Crippen LogP contribution in [-0.4, -0.2) is 15.8 Å². The van der Waals surface area contributed by atoms with Crippen molar-refractivity contribution in [2.45, 2.75) is 12.8 Å². The van der Waals surface area contributed by atoms with E-state index in [4.69, 9.17) is 4.74 Å². The molecule has 0 saturated heterocycles. The van der Waals surface area contributed by atoms with Gasteiger partial charge in [0.25, 0.3) is 0 Å². The summed E-state index contributed by atoms with van der Waals surface area (Å²) < 4.78 is 19.1. The van der Waals surface area contributed by atoms with Crippen LogP contribution in [0.25, 0.3) is 11.0 Å². The summed E-state index contributed by atoms with van der Waals surface area (Å²) in [6.07, 6.45) is 3.80. The normalized spacial score (nSPS) is 10.8. The minimum absolute atomic E-state index is 0.0346. The first-order valence-corrected chi connectivity index (χ1v) is 8.89. The number of hydrogen-bond donors (Lipinski definition) is 0. The van der Waals surface area contributed by atoms with Crippen LogP contribution in [-0.2, 0) is 17.6 Å². The number of halogens is 1. The number of fused-ring (bicyclic) bond motifs is 1. The fraction of sp³-hybridized carbons (Fsp3) is 0.0870. The molecule has 0 N–H and O–H groups in total. The number of carbonyl (C=O) groups excluding carboxylic acids is 1. The highest BCUT2D eigenvalue weighted by Crippen LogP contribution is 2.24. The second kappa shape index (κ2) is 7.96. The highest BCUT2D eigenvalue weighted by Gasteiger charge is 2.07. The predicted octanol–water partition coefficient (Wildman–Crippen LogP) is 4.92. The lowest BCUT2D eigenvalue weighted by Crippen LogP contribution is -2.06. The van der Waals surface area contributed by atoms with Gasteiger partial charge in [-0.15, -0.1) is 0 Å². The maximum absolute atomic E-state index is 13.2. The second-order valence-electron chi connectivity index (χ2n) is 6.48. The van der Waals surface area contributed by atoms with Crippen LogP contribution >= 0.6 is 0 Å². The SMILES string of the molecule is O=C(Cc1ccc(Oc2ccc3nccnc3c2)cc1)Cc1cccc(F)c1. The minimum atomic E-state index is -0.327. The predicted molar refractivity (Wildman–Crippen MR) is 105 cm³/mol. The summed E-state index contributed by atoms with van der Waals surface area (Å²) in [4.78, 5) is 20.7. The fourth-order valence-electron chi connectivity index (χ4n) is 2.98. The van der Waals surface area contributed by atoms with E-state index in [0.29, 0.717) is 23.5 Å². The zero-order chi connectivity index (χ0) is 19.3. The van der Waals surface area contributed by atoms with Gasteiger partial charge in [0.15, 0.2) is 0 Å². The van der Waals surface area contributed by atoms with Crippen LogP contribution in [0.1, 0.15) is 11.1 Å². The Balaban J connectivity index is 1.39. The van der Waals surface area contributed by atoms with Gasteiger partial charge in [-0.1, -0.05) is 24.3 Å². The number of Topliss-reactive ketones (excluding diaryl/α,β-unsaturated/α-hetero) is 1. The van der Waals surface area contributed by atoms with Crippen molar-refractivity contribution in [1.29, 1.82) is 0 Å². The van der Waals surface area contributed by atoms with E-state index in [-0.39, 0.29) is 18.0 Å². The smallest absolute Gasteiger partial charge is 0.141 e. The van der Waals surface area contributed by atoms with Crippen LogP contribution in [0.4, 0.5) is 4.39 Å². The molecule has 0 amide bonds. The van der Waals surface area contributed by atoms with Crippen molar-refractivity contribution in [3.63, 3.8) is 0 Å². The molecule has 3 aromatic carbocycles. The first-order valence-electron chi connectivity index (χ1n) is 8.89. The van der Waals surface area contributed by atoms with E-state index in [1.54, 1.807) is 24.5 Å². The third-order valence-corrected chi connectivity index (χ3v) is 4.29. The lowest BCUT2D eigenvalue weighted by atomic mass is 10.0. The van der Waals surface area contributed by atoms with E-state index < -0.39 is 0 Å². The van der Waals surface area contributed by atoms with E-state index in [1.807, 2.05) is 42.5 Å². The van der Waals surface area contributed by atoms with E-state index in [0.717, 1.165) is 16.6 Å². The number of ether oxygens (including phenoxy) is 1. The summed E-state index contributed by atoms with van der Waals surface area (Å²) in [6.45, 7) is 0. The second-order valence-corrected chi connectivity index (χ2v) is 6.48. The summed E-state index contributed by atoms with van der Waals surface area (Å²) in [5.74, 6) is 1.05. The van der Waals surface area contributed by atoms with Crippen molar-refractivity contribution < 1.29 is 13.9 Å². The molecule has 0 radical (unpaired) electrons. The molecule has 5 heteroatoms. The van der Waals surface area contributed by atoms with Gasteiger partial charge in [0.05, 0.1) is 11.0 Å². The molecule has 4 nitrogen and oxygen atoms in total.